The Kier molecular flexibility index (Phi) is 8.39. The number of benzene rings is 2. The summed E-state index contributed by atoms with van der Waals surface area (Å²) in [4.78, 5) is 0. The van der Waals surface area contributed by atoms with E-state index in [2.05, 4.69) is 0 Å². The van der Waals surface area contributed by atoms with Gasteiger partial charge in [-0.25, -0.2) is 0 Å². The van der Waals surface area contributed by atoms with E-state index < -0.39 is 0 Å². The molecule has 1 fully saturated rings. The maximum absolute atomic E-state index is 11.1. The SMILES string of the molecule is Cc1cc(CCO)cc(C(c2cc(CCO)cc(C)c2O)C2CCCCCCC2)c1O. The Hall–Kier alpha value is -2.04. The van der Waals surface area contributed by atoms with Crippen molar-refractivity contribution in [3.05, 3.63) is 57.6 Å². The molecule has 2 aromatic carbocycles. The molecule has 0 radical (unpaired) electrons. The van der Waals surface area contributed by atoms with E-state index in [1.807, 2.05) is 38.1 Å². The van der Waals surface area contributed by atoms with E-state index in [4.69, 9.17) is 0 Å². The number of phenolic OH excluding ortho intramolecular Hbond substituents is 2. The van der Waals surface area contributed by atoms with Crippen molar-refractivity contribution in [3.8, 4) is 11.5 Å². The van der Waals surface area contributed by atoms with Gasteiger partial charge in [0, 0.05) is 30.3 Å². The highest BCUT2D eigenvalue weighted by Gasteiger charge is 2.31. The highest BCUT2D eigenvalue weighted by Crippen LogP contribution is 2.47. The van der Waals surface area contributed by atoms with E-state index in [1.165, 1.54) is 19.3 Å². The van der Waals surface area contributed by atoms with Crippen LogP contribution in [0.5, 0.6) is 11.5 Å². The van der Waals surface area contributed by atoms with Gasteiger partial charge in [-0.05, 0) is 67.7 Å². The summed E-state index contributed by atoms with van der Waals surface area (Å²) in [6.45, 7) is 3.94. The first-order valence-electron chi connectivity index (χ1n) is 11.8. The second-order valence-corrected chi connectivity index (χ2v) is 9.23. The van der Waals surface area contributed by atoms with Gasteiger partial charge in [0.1, 0.15) is 11.5 Å². The molecule has 0 atom stereocenters. The van der Waals surface area contributed by atoms with Gasteiger partial charge in [-0.15, -0.1) is 0 Å². The van der Waals surface area contributed by atoms with Crippen LogP contribution in [0, 0.1) is 19.8 Å². The van der Waals surface area contributed by atoms with Gasteiger partial charge in [0.25, 0.3) is 0 Å². The summed E-state index contributed by atoms with van der Waals surface area (Å²) >= 11 is 0. The molecule has 31 heavy (non-hydrogen) atoms. The Labute approximate surface area is 186 Å². The molecule has 0 spiro atoms. The maximum Gasteiger partial charge on any atom is 0.122 e. The lowest BCUT2D eigenvalue weighted by Gasteiger charge is -2.32. The van der Waals surface area contributed by atoms with Crippen molar-refractivity contribution in [2.75, 3.05) is 13.2 Å². The van der Waals surface area contributed by atoms with E-state index in [0.29, 0.717) is 30.3 Å². The summed E-state index contributed by atoms with van der Waals surface area (Å²) < 4.78 is 0. The van der Waals surface area contributed by atoms with Crippen molar-refractivity contribution in [2.45, 2.75) is 77.6 Å². The van der Waals surface area contributed by atoms with Gasteiger partial charge in [0.2, 0.25) is 0 Å². The standard InChI is InChI=1S/C27H38O4/c1-18-14-20(10-12-28)16-23(26(18)30)25(22-8-6-4-3-5-7-9-22)24-17-21(11-13-29)15-19(2)27(24)31/h14-17,22,25,28-31H,3-13H2,1-2H3. The Morgan fingerprint density at radius 3 is 1.55 bits per heavy atom. The fraction of sp³-hybridized carbons (Fsp3) is 0.556. The molecule has 0 aliphatic heterocycles. The van der Waals surface area contributed by atoms with Gasteiger partial charge in [-0.3, -0.25) is 0 Å². The first kappa shape index (κ1) is 23.6. The molecular formula is C27H38O4. The summed E-state index contributed by atoms with van der Waals surface area (Å²) in [7, 11) is 0. The second-order valence-electron chi connectivity index (χ2n) is 9.23. The molecule has 1 aliphatic carbocycles. The van der Waals surface area contributed by atoms with Gasteiger partial charge in [-0.2, -0.15) is 0 Å². The molecule has 1 aliphatic rings. The van der Waals surface area contributed by atoms with Crippen LogP contribution < -0.4 is 0 Å². The number of hydrogen-bond acceptors (Lipinski definition) is 4. The average molecular weight is 427 g/mol. The summed E-state index contributed by atoms with van der Waals surface area (Å²) in [6, 6.07) is 7.93. The van der Waals surface area contributed by atoms with Crippen molar-refractivity contribution in [1.82, 2.24) is 0 Å². The average Bonchev–Trinajstić information content (AvgIpc) is 2.70. The van der Waals surface area contributed by atoms with Crippen molar-refractivity contribution >= 4 is 0 Å². The zero-order chi connectivity index (χ0) is 22.4. The van der Waals surface area contributed by atoms with Crippen LogP contribution in [0.25, 0.3) is 0 Å². The Morgan fingerprint density at radius 2 is 1.13 bits per heavy atom. The van der Waals surface area contributed by atoms with Gasteiger partial charge < -0.3 is 20.4 Å². The van der Waals surface area contributed by atoms with Crippen molar-refractivity contribution in [3.63, 3.8) is 0 Å². The third-order valence-corrected chi connectivity index (χ3v) is 6.87. The predicted molar refractivity (Wildman–Crippen MR) is 125 cm³/mol. The number of aromatic hydroxyl groups is 2. The molecule has 2 aromatic rings. The first-order chi connectivity index (χ1) is 15.0. The zero-order valence-corrected chi connectivity index (χ0v) is 19.0. The van der Waals surface area contributed by atoms with Crippen LogP contribution in [0.1, 0.15) is 84.2 Å². The molecule has 0 aromatic heterocycles. The van der Waals surface area contributed by atoms with Crippen molar-refractivity contribution < 1.29 is 20.4 Å². The number of rotatable bonds is 7. The van der Waals surface area contributed by atoms with Crippen LogP contribution in [-0.4, -0.2) is 33.6 Å². The van der Waals surface area contributed by atoms with E-state index in [9.17, 15) is 20.4 Å². The zero-order valence-electron chi connectivity index (χ0n) is 19.0. The van der Waals surface area contributed by atoms with Gasteiger partial charge in [-0.1, -0.05) is 56.4 Å². The number of aryl methyl sites for hydroxylation is 2. The summed E-state index contributed by atoms with van der Waals surface area (Å²) in [5.41, 5.74) is 5.33. The lowest BCUT2D eigenvalue weighted by atomic mass is 9.73. The first-order valence-corrected chi connectivity index (χ1v) is 11.8. The molecular weight excluding hydrogens is 388 g/mol. The molecule has 4 heteroatoms. The van der Waals surface area contributed by atoms with E-state index in [0.717, 1.165) is 59.1 Å². The van der Waals surface area contributed by atoms with Crippen LogP contribution in [0.3, 0.4) is 0 Å². The van der Waals surface area contributed by atoms with Crippen LogP contribution in [-0.2, 0) is 12.8 Å². The molecule has 0 amide bonds. The topological polar surface area (TPSA) is 80.9 Å². The molecule has 0 saturated heterocycles. The highest BCUT2D eigenvalue weighted by atomic mass is 16.3. The van der Waals surface area contributed by atoms with Gasteiger partial charge in [0.15, 0.2) is 0 Å². The molecule has 0 bridgehead atoms. The minimum absolute atomic E-state index is 0.0636. The van der Waals surface area contributed by atoms with Crippen LogP contribution in [0.2, 0.25) is 0 Å². The monoisotopic (exact) mass is 426 g/mol. The number of phenols is 2. The molecule has 4 nitrogen and oxygen atoms in total. The summed E-state index contributed by atoms with van der Waals surface area (Å²) in [5.74, 6) is 0.786. The Morgan fingerprint density at radius 1 is 0.710 bits per heavy atom. The minimum atomic E-state index is -0.118. The predicted octanol–water partition coefficient (Wildman–Crippen LogP) is 5.28. The van der Waals surface area contributed by atoms with E-state index >= 15 is 0 Å². The maximum atomic E-state index is 11.1. The van der Waals surface area contributed by atoms with E-state index in [-0.39, 0.29) is 19.1 Å². The molecule has 4 N–H and O–H groups in total. The van der Waals surface area contributed by atoms with Gasteiger partial charge in [0.05, 0.1) is 0 Å². The number of aliphatic hydroxyl groups is 2. The smallest absolute Gasteiger partial charge is 0.122 e. The number of aliphatic hydroxyl groups excluding tert-OH is 2. The molecule has 3 rings (SSSR count). The van der Waals surface area contributed by atoms with Crippen LogP contribution >= 0.6 is 0 Å². The van der Waals surface area contributed by atoms with Crippen LogP contribution in [0.15, 0.2) is 24.3 Å². The highest BCUT2D eigenvalue weighted by molar-refractivity contribution is 5.54. The van der Waals surface area contributed by atoms with Crippen molar-refractivity contribution in [2.24, 2.45) is 5.92 Å². The quantitative estimate of drug-likeness (QED) is 0.486. The lowest BCUT2D eigenvalue weighted by Crippen LogP contribution is -2.18. The molecule has 1 saturated carbocycles. The fourth-order valence-corrected chi connectivity index (χ4v) is 5.29. The third kappa shape index (κ3) is 5.61. The summed E-state index contributed by atoms with van der Waals surface area (Å²) in [5, 5.41) is 41.2. The number of hydrogen-bond donors (Lipinski definition) is 4. The Balaban J connectivity index is 2.19. The fourth-order valence-electron chi connectivity index (χ4n) is 5.29. The molecule has 170 valence electrons. The van der Waals surface area contributed by atoms with Crippen molar-refractivity contribution in [1.29, 1.82) is 0 Å². The third-order valence-electron chi connectivity index (χ3n) is 6.87. The molecule has 0 heterocycles. The molecule has 0 unspecified atom stereocenters. The van der Waals surface area contributed by atoms with Gasteiger partial charge >= 0.3 is 0 Å². The lowest BCUT2D eigenvalue weighted by molar-refractivity contribution is 0.299. The Bertz CT molecular complexity index is 805. The normalized spacial score (nSPS) is 15.8. The van der Waals surface area contributed by atoms with Crippen LogP contribution in [0.4, 0.5) is 0 Å². The largest absolute Gasteiger partial charge is 0.507 e. The second kappa shape index (κ2) is 11.0. The summed E-state index contributed by atoms with van der Waals surface area (Å²) in [6.07, 6.45) is 9.28. The minimum Gasteiger partial charge on any atom is -0.507 e. The van der Waals surface area contributed by atoms with E-state index in [1.54, 1.807) is 0 Å².